The van der Waals surface area contributed by atoms with Gasteiger partial charge in [-0.3, -0.25) is 0 Å². The number of halogens is 4. The lowest BCUT2D eigenvalue weighted by Crippen LogP contribution is -2.48. The van der Waals surface area contributed by atoms with Crippen LogP contribution in [0.15, 0.2) is 46.8 Å². The van der Waals surface area contributed by atoms with E-state index in [-0.39, 0.29) is 35.2 Å². The highest BCUT2D eigenvalue weighted by Crippen LogP contribution is 2.38. The lowest BCUT2D eigenvalue weighted by atomic mass is 9.88. The number of nitrogens with two attached hydrogens (primary N) is 1. The van der Waals surface area contributed by atoms with Crippen LogP contribution in [0.2, 0.25) is 5.02 Å². The van der Waals surface area contributed by atoms with Crippen LogP contribution in [0.25, 0.3) is 0 Å². The van der Waals surface area contributed by atoms with E-state index in [9.17, 15) is 17.2 Å². The first-order valence-corrected chi connectivity index (χ1v) is 14.2. The zero-order chi connectivity index (χ0) is 27.7. The fraction of sp³-hybridized carbons (Fsp3) is 0.375. The zero-order valence-electron chi connectivity index (χ0n) is 20.5. The highest BCUT2D eigenvalue weighted by atomic mass is 35.5. The molecule has 2 aromatic carbocycles. The summed E-state index contributed by atoms with van der Waals surface area (Å²) in [6, 6.07) is 5.34. The van der Waals surface area contributed by atoms with E-state index in [0.29, 0.717) is 17.1 Å². The molecule has 1 aromatic heterocycles. The largest absolute Gasteiger partial charge is 0.497 e. The van der Waals surface area contributed by atoms with Crippen LogP contribution in [0.4, 0.5) is 24.0 Å². The van der Waals surface area contributed by atoms with Gasteiger partial charge in [0.1, 0.15) is 22.2 Å². The summed E-state index contributed by atoms with van der Waals surface area (Å²) in [5.41, 5.74) is 6.44. The maximum atomic E-state index is 15.4. The van der Waals surface area contributed by atoms with Gasteiger partial charge in [0, 0.05) is 48.1 Å². The number of anilines is 2. The highest BCUT2D eigenvalue weighted by Gasteiger charge is 2.40. The van der Waals surface area contributed by atoms with Crippen LogP contribution < -0.4 is 24.8 Å². The van der Waals surface area contributed by atoms with Crippen molar-refractivity contribution in [3.8, 4) is 11.5 Å². The van der Waals surface area contributed by atoms with Gasteiger partial charge in [0.15, 0.2) is 5.13 Å². The summed E-state index contributed by atoms with van der Waals surface area (Å²) in [5, 5.41) is 4.50. The molecule has 0 spiro atoms. The number of hydrogen-bond acceptors (Lipinski definition) is 8. The molecule has 1 heterocycles. The van der Waals surface area contributed by atoms with E-state index >= 15 is 4.39 Å². The number of alkyl halides is 2. The Morgan fingerprint density at radius 3 is 2.66 bits per heavy atom. The van der Waals surface area contributed by atoms with Gasteiger partial charge in [-0.05, 0) is 30.7 Å². The molecular weight excluding hydrogens is 565 g/mol. The zero-order valence-corrected chi connectivity index (χ0v) is 22.8. The molecule has 2 atom stereocenters. The molecule has 1 fully saturated rings. The average Bonchev–Trinajstić information content (AvgIpc) is 3.40. The summed E-state index contributed by atoms with van der Waals surface area (Å²) in [4.78, 5) is 3.45. The predicted molar refractivity (Wildman–Crippen MR) is 141 cm³/mol. The highest BCUT2D eigenvalue weighted by molar-refractivity contribution is 7.93. The van der Waals surface area contributed by atoms with Gasteiger partial charge in [0.2, 0.25) is 5.92 Å². The molecule has 206 valence electrons. The SMILES string of the molecule is COc1ccc(CN(c2nccs2)S(=O)(=O)c2cc(Cl)c(N[C@H]3CCC(F)(F)CC3N)cc2F)c(OC)c1. The molecule has 0 aliphatic heterocycles. The Hall–Kier alpha value is -2.74. The van der Waals surface area contributed by atoms with E-state index < -0.39 is 45.2 Å². The van der Waals surface area contributed by atoms with Crippen molar-refractivity contribution in [2.75, 3.05) is 23.8 Å². The molecule has 1 unspecified atom stereocenters. The second-order valence-electron chi connectivity index (χ2n) is 8.78. The monoisotopic (exact) mass is 590 g/mol. The summed E-state index contributed by atoms with van der Waals surface area (Å²) < 4.78 is 81.7. The lowest BCUT2D eigenvalue weighted by molar-refractivity contribution is -0.0422. The molecular formula is C24H26ClF3N4O4S2. The van der Waals surface area contributed by atoms with E-state index in [2.05, 4.69) is 10.3 Å². The van der Waals surface area contributed by atoms with Gasteiger partial charge in [-0.1, -0.05) is 11.6 Å². The minimum atomic E-state index is -4.51. The van der Waals surface area contributed by atoms with Crippen LogP contribution in [0.1, 0.15) is 24.8 Å². The summed E-state index contributed by atoms with van der Waals surface area (Å²) >= 11 is 7.41. The van der Waals surface area contributed by atoms with Gasteiger partial charge in [0.25, 0.3) is 10.0 Å². The first-order valence-electron chi connectivity index (χ1n) is 11.5. The normalized spacial score (nSPS) is 19.1. The minimum Gasteiger partial charge on any atom is -0.497 e. The van der Waals surface area contributed by atoms with E-state index in [1.54, 1.807) is 23.6 Å². The first-order chi connectivity index (χ1) is 17.9. The van der Waals surface area contributed by atoms with Crippen LogP contribution >= 0.6 is 22.9 Å². The Kier molecular flexibility index (Phi) is 8.31. The quantitative estimate of drug-likeness (QED) is 0.349. The second kappa shape index (κ2) is 11.2. The molecule has 3 aromatic rings. The van der Waals surface area contributed by atoms with Gasteiger partial charge in [0.05, 0.1) is 31.5 Å². The Morgan fingerprint density at radius 1 is 1.26 bits per heavy atom. The van der Waals surface area contributed by atoms with Crippen LogP contribution in [-0.4, -0.2) is 45.6 Å². The van der Waals surface area contributed by atoms with Crippen LogP contribution in [0, 0.1) is 5.82 Å². The van der Waals surface area contributed by atoms with Crippen molar-refractivity contribution in [2.45, 2.75) is 48.7 Å². The molecule has 4 rings (SSSR count). The first kappa shape index (κ1) is 28.3. The van der Waals surface area contributed by atoms with Crippen molar-refractivity contribution in [3.63, 3.8) is 0 Å². The predicted octanol–water partition coefficient (Wildman–Crippen LogP) is 5.28. The molecule has 3 N–H and O–H groups in total. The standard InChI is InChI=1S/C24H26ClF3N4O4S2/c1-35-15-4-3-14(21(9-15)36-2)13-32(23-30-7-8-37-23)38(33,34)22-10-16(25)20(11-17(22)26)31-19-5-6-24(27,28)12-18(19)29/h3-4,7-11,18-19,31H,5-6,12-13,29H2,1-2H3/t18?,19-/m0/s1. The van der Waals surface area contributed by atoms with Crippen LogP contribution in [0.5, 0.6) is 11.5 Å². The summed E-state index contributed by atoms with van der Waals surface area (Å²) in [6.07, 6.45) is 0.589. The number of methoxy groups -OCH3 is 2. The fourth-order valence-corrected chi connectivity index (χ4v) is 6.86. The molecule has 0 amide bonds. The molecule has 1 saturated carbocycles. The summed E-state index contributed by atoms with van der Waals surface area (Å²) in [7, 11) is -1.58. The third-order valence-corrected chi connectivity index (χ3v) is 9.22. The fourth-order valence-electron chi connectivity index (χ4n) is 4.24. The second-order valence-corrected chi connectivity index (χ2v) is 11.9. The summed E-state index contributed by atoms with van der Waals surface area (Å²) in [6.45, 7) is -0.217. The summed E-state index contributed by atoms with van der Waals surface area (Å²) in [5.74, 6) is -3.06. The number of thiazole rings is 1. The van der Waals surface area contributed by atoms with Gasteiger partial charge in [-0.25, -0.2) is 30.9 Å². The van der Waals surface area contributed by atoms with Crippen molar-refractivity contribution in [1.82, 2.24) is 4.98 Å². The number of aromatic nitrogens is 1. The van der Waals surface area contributed by atoms with Gasteiger partial charge >= 0.3 is 0 Å². The Morgan fingerprint density at radius 2 is 2.03 bits per heavy atom. The number of nitrogens with zero attached hydrogens (tertiary/aromatic N) is 2. The Balaban J connectivity index is 1.67. The third kappa shape index (κ3) is 5.95. The Labute approximate surface area is 227 Å². The minimum absolute atomic E-state index is 0.0493. The molecule has 1 aliphatic rings. The van der Waals surface area contributed by atoms with E-state index in [0.717, 1.165) is 27.8 Å². The molecule has 0 radical (unpaired) electrons. The number of nitrogens with one attached hydrogen (secondary N) is 1. The number of hydrogen-bond donors (Lipinski definition) is 2. The van der Waals surface area contributed by atoms with E-state index in [1.807, 2.05) is 0 Å². The van der Waals surface area contributed by atoms with Gasteiger partial charge in [-0.15, -0.1) is 11.3 Å². The average molecular weight is 591 g/mol. The van der Waals surface area contributed by atoms with Crippen molar-refractivity contribution >= 4 is 43.8 Å². The van der Waals surface area contributed by atoms with Crippen molar-refractivity contribution in [1.29, 1.82) is 0 Å². The topological polar surface area (TPSA) is 107 Å². The van der Waals surface area contributed by atoms with Crippen molar-refractivity contribution in [3.05, 3.63) is 58.3 Å². The maximum Gasteiger partial charge on any atom is 0.269 e. The molecule has 38 heavy (non-hydrogen) atoms. The molecule has 14 heteroatoms. The molecule has 0 bridgehead atoms. The number of sulfonamides is 1. The number of rotatable bonds is 9. The van der Waals surface area contributed by atoms with E-state index in [4.69, 9.17) is 26.8 Å². The molecule has 8 nitrogen and oxygen atoms in total. The molecule has 0 saturated heterocycles. The van der Waals surface area contributed by atoms with Crippen molar-refractivity contribution < 1.29 is 31.1 Å². The van der Waals surface area contributed by atoms with Crippen LogP contribution in [0.3, 0.4) is 0 Å². The molecule has 1 aliphatic carbocycles. The lowest BCUT2D eigenvalue weighted by Gasteiger charge is -2.35. The smallest absolute Gasteiger partial charge is 0.269 e. The Bertz CT molecular complexity index is 1390. The number of benzene rings is 2. The number of ether oxygens (including phenoxy) is 2. The maximum absolute atomic E-state index is 15.4. The van der Waals surface area contributed by atoms with Gasteiger partial charge in [-0.2, -0.15) is 0 Å². The third-order valence-electron chi connectivity index (χ3n) is 6.24. The van der Waals surface area contributed by atoms with Crippen LogP contribution in [-0.2, 0) is 16.6 Å². The van der Waals surface area contributed by atoms with Crippen molar-refractivity contribution in [2.24, 2.45) is 5.73 Å². The van der Waals surface area contributed by atoms with E-state index in [1.165, 1.54) is 20.4 Å². The van der Waals surface area contributed by atoms with Gasteiger partial charge < -0.3 is 20.5 Å².